The second-order valence-corrected chi connectivity index (χ2v) is 4.50. The van der Waals surface area contributed by atoms with Crippen molar-refractivity contribution in [2.45, 2.75) is 50.1 Å². The predicted octanol–water partition coefficient (Wildman–Crippen LogP) is 0.148. The van der Waals surface area contributed by atoms with E-state index in [1.54, 1.807) is 0 Å². The molecule has 0 aromatic heterocycles. The topological polar surface area (TPSA) is 75.4 Å². The van der Waals surface area contributed by atoms with Crippen LogP contribution in [-0.4, -0.2) is 29.2 Å². The molecular formula is C12H20N2O2. The Kier molecular flexibility index (Phi) is 4.78. The first-order valence-corrected chi connectivity index (χ1v) is 5.75. The second kappa shape index (κ2) is 5.88. The lowest BCUT2D eigenvalue weighted by atomic mass is 9.82. The molecule has 0 radical (unpaired) electrons. The second-order valence-electron chi connectivity index (χ2n) is 4.50. The van der Waals surface area contributed by atoms with E-state index in [-0.39, 0.29) is 18.9 Å². The van der Waals surface area contributed by atoms with E-state index in [9.17, 15) is 9.90 Å². The van der Waals surface area contributed by atoms with Gasteiger partial charge in [0.25, 0.3) is 0 Å². The maximum Gasteiger partial charge on any atom is 0.238 e. The molecule has 0 bridgehead atoms. The molecule has 1 rings (SSSR count). The summed E-state index contributed by atoms with van der Waals surface area (Å²) in [6.07, 6.45) is 10.2. The van der Waals surface area contributed by atoms with Gasteiger partial charge in [0.15, 0.2) is 0 Å². The third kappa shape index (κ3) is 3.22. The minimum atomic E-state index is -0.671. The Morgan fingerprint density at radius 3 is 2.62 bits per heavy atom. The number of carbonyl (C=O) groups is 1. The van der Waals surface area contributed by atoms with Gasteiger partial charge in [-0.2, -0.15) is 0 Å². The number of nitrogens with one attached hydrogen (secondary N) is 1. The van der Waals surface area contributed by atoms with Crippen LogP contribution in [0.25, 0.3) is 0 Å². The molecule has 0 heterocycles. The first-order chi connectivity index (χ1) is 7.63. The number of hydrogen-bond donors (Lipinski definition) is 3. The Labute approximate surface area is 96.6 Å². The van der Waals surface area contributed by atoms with Crippen LogP contribution in [0.1, 0.15) is 38.5 Å². The van der Waals surface area contributed by atoms with E-state index in [0.717, 1.165) is 32.1 Å². The summed E-state index contributed by atoms with van der Waals surface area (Å²) in [6.45, 7) is -0.0263. The van der Waals surface area contributed by atoms with Crippen molar-refractivity contribution >= 4 is 5.91 Å². The molecule has 0 aliphatic heterocycles. The number of carbonyl (C=O) groups excluding carboxylic acids is 1. The SMILES string of the molecule is C#CCC(N)C(=O)NC1(CO)CCCCC1. The average Bonchev–Trinajstić information content (AvgIpc) is 2.30. The van der Waals surface area contributed by atoms with Gasteiger partial charge in [0.05, 0.1) is 18.2 Å². The van der Waals surface area contributed by atoms with Crippen molar-refractivity contribution in [3.63, 3.8) is 0 Å². The Bertz CT molecular complexity index is 277. The van der Waals surface area contributed by atoms with Crippen molar-refractivity contribution in [2.75, 3.05) is 6.61 Å². The molecule has 0 spiro atoms. The van der Waals surface area contributed by atoms with Crippen molar-refractivity contribution in [1.82, 2.24) is 5.32 Å². The summed E-state index contributed by atoms with van der Waals surface area (Å²) >= 11 is 0. The fourth-order valence-electron chi connectivity index (χ4n) is 2.12. The van der Waals surface area contributed by atoms with Gasteiger partial charge >= 0.3 is 0 Å². The summed E-state index contributed by atoms with van der Waals surface area (Å²) < 4.78 is 0. The summed E-state index contributed by atoms with van der Waals surface area (Å²) in [6, 6.07) is -0.671. The smallest absolute Gasteiger partial charge is 0.238 e. The molecule has 0 aromatic rings. The van der Waals surface area contributed by atoms with E-state index in [2.05, 4.69) is 11.2 Å². The zero-order valence-corrected chi connectivity index (χ0v) is 9.54. The zero-order chi connectivity index (χ0) is 12.0. The summed E-state index contributed by atoms with van der Waals surface area (Å²) in [5.41, 5.74) is 5.15. The molecule has 4 heteroatoms. The molecule has 1 fully saturated rings. The fourth-order valence-corrected chi connectivity index (χ4v) is 2.12. The summed E-state index contributed by atoms with van der Waals surface area (Å²) in [5.74, 6) is 2.11. The third-order valence-corrected chi connectivity index (χ3v) is 3.18. The molecule has 4 nitrogen and oxygen atoms in total. The number of rotatable bonds is 4. The standard InChI is InChI=1S/C12H20N2O2/c1-2-6-10(13)11(16)14-12(9-15)7-4-3-5-8-12/h1,10,15H,3-9,13H2,(H,14,16). The van der Waals surface area contributed by atoms with Crippen LogP contribution in [0.5, 0.6) is 0 Å². The first kappa shape index (κ1) is 13.0. The van der Waals surface area contributed by atoms with Gasteiger partial charge < -0.3 is 16.2 Å². The summed E-state index contributed by atoms with van der Waals surface area (Å²) in [4.78, 5) is 11.7. The molecule has 1 atom stereocenters. The van der Waals surface area contributed by atoms with Crippen LogP contribution in [0.3, 0.4) is 0 Å². The van der Waals surface area contributed by atoms with E-state index >= 15 is 0 Å². The molecule has 1 saturated carbocycles. The molecule has 90 valence electrons. The van der Waals surface area contributed by atoms with E-state index in [0.29, 0.717) is 0 Å². The lowest BCUT2D eigenvalue weighted by Gasteiger charge is -2.37. The van der Waals surface area contributed by atoms with Gasteiger partial charge in [-0.15, -0.1) is 12.3 Å². The van der Waals surface area contributed by atoms with Gasteiger partial charge in [-0.3, -0.25) is 4.79 Å². The van der Waals surface area contributed by atoms with E-state index in [1.165, 1.54) is 0 Å². The highest BCUT2D eigenvalue weighted by molar-refractivity contribution is 5.82. The Morgan fingerprint density at radius 1 is 1.50 bits per heavy atom. The van der Waals surface area contributed by atoms with E-state index < -0.39 is 11.6 Å². The fraction of sp³-hybridized carbons (Fsp3) is 0.750. The molecule has 0 saturated heterocycles. The Balaban J connectivity index is 2.55. The lowest BCUT2D eigenvalue weighted by molar-refractivity contribution is -0.125. The highest BCUT2D eigenvalue weighted by Gasteiger charge is 2.33. The average molecular weight is 224 g/mol. The van der Waals surface area contributed by atoms with E-state index in [1.807, 2.05) is 0 Å². The number of amides is 1. The quantitative estimate of drug-likeness (QED) is 0.595. The van der Waals surface area contributed by atoms with Crippen LogP contribution in [0.15, 0.2) is 0 Å². The third-order valence-electron chi connectivity index (χ3n) is 3.18. The zero-order valence-electron chi connectivity index (χ0n) is 9.54. The minimum Gasteiger partial charge on any atom is -0.394 e. The van der Waals surface area contributed by atoms with Gasteiger partial charge in [0.1, 0.15) is 0 Å². The van der Waals surface area contributed by atoms with Gasteiger partial charge in [0.2, 0.25) is 5.91 Å². The summed E-state index contributed by atoms with van der Waals surface area (Å²) in [5, 5.41) is 12.3. The number of hydrogen-bond acceptors (Lipinski definition) is 3. The molecular weight excluding hydrogens is 204 g/mol. The van der Waals surface area contributed by atoms with Crippen LogP contribution >= 0.6 is 0 Å². The number of aliphatic hydroxyl groups excluding tert-OH is 1. The van der Waals surface area contributed by atoms with Crippen LogP contribution in [0, 0.1) is 12.3 Å². The van der Waals surface area contributed by atoms with Gasteiger partial charge in [-0.05, 0) is 12.8 Å². The van der Waals surface area contributed by atoms with Crippen LogP contribution < -0.4 is 11.1 Å². The highest BCUT2D eigenvalue weighted by atomic mass is 16.3. The molecule has 4 N–H and O–H groups in total. The summed E-state index contributed by atoms with van der Waals surface area (Å²) in [7, 11) is 0. The van der Waals surface area contributed by atoms with Gasteiger partial charge in [-0.25, -0.2) is 0 Å². The largest absolute Gasteiger partial charge is 0.394 e. The number of terminal acetylenes is 1. The Hall–Kier alpha value is -1.05. The van der Waals surface area contributed by atoms with Crippen molar-refractivity contribution < 1.29 is 9.90 Å². The van der Waals surface area contributed by atoms with Gasteiger partial charge in [-0.1, -0.05) is 19.3 Å². The molecule has 1 unspecified atom stereocenters. The van der Waals surface area contributed by atoms with Gasteiger partial charge in [0, 0.05) is 6.42 Å². The highest BCUT2D eigenvalue weighted by Crippen LogP contribution is 2.27. The monoisotopic (exact) mass is 224 g/mol. The Morgan fingerprint density at radius 2 is 2.12 bits per heavy atom. The maximum absolute atomic E-state index is 11.7. The molecule has 1 aliphatic rings. The minimum absolute atomic E-state index is 0.0263. The lowest BCUT2D eigenvalue weighted by Crippen LogP contribution is -2.56. The number of nitrogens with two attached hydrogens (primary N) is 1. The number of aliphatic hydroxyl groups is 1. The van der Waals surface area contributed by atoms with Crippen molar-refractivity contribution in [1.29, 1.82) is 0 Å². The predicted molar refractivity (Wildman–Crippen MR) is 62.5 cm³/mol. The normalized spacial score (nSPS) is 20.8. The van der Waals surface area contributed by atoms with Crippen LogP contribution in [0.2, 0.25) is 0 Å². The molecule has 0 aromatic carbocycles. The molecule has 16 heavy (non-hydrogen) atoms. The van der Waals surface area contributed by atoms with Crippen LogP contribution in [-0.2, 0) is 4.79 Å². The molecule has 1 amide bonds. The van der Waals surface area contributed by atoms with Crippen LogP contribution in [0.4, 0.5) is 0 Å². The maximum atomic E-state index is 11.7. The van der Waals surface area contributed by atoms with Crippen molar-refractivity contribution in [3.05, 3.63) is 0 Å². The van der Waals surface area contributed by atoms with E-state index in [4.69, 9.17) is 12.2 Å². The van der Waals surface area contributed by atoms with Crippen molar-refractivity contribution in [2.24, 2.45) is 5.73 Å². The van der Waals surface area contributed by atoms with Crippen molar-refractivity contribution in [3.8, 4) is 12.3 Å². The molecule has 1 aliphatic carbocycles. The first-order valence-electron chi connectivity index (χ1n) is 5.75.